The highest BCUT2D eigenvalue weighted by Gasteiger charge is 2.79. The first-order valence-corrected chi connectivity index (χ1v) is 23.7. The quantitative estimate of drug-likeness (QED) is 0.0454. The average Bonchev–Trinajstić information content (AvgIpc) is 3.83. The van der Waals surface area contributed by atoms with Crippen LogP contribution in [-0.2, 0) is 47.5 Å². The van der Waals surface area contributed by atoms with Gasteiger partial charge < -0.3 is 38.3 Å². The second-order valence-electron chi connectivity index (χ2n) is 20.7. The van der Waals surface area contributed by atoms with Crippen LogP contribution >= 0.6 is 0 Å². The molecule has 1 spiro atoms. The van der Waals surface area contributed by atoms with E-state index in [1.54, 1.807) is 0 Å². The van der Waals surface area contributed by atoms with Crippen molar-refractivity contribution in [1.82, 2.24) is 0 Å². The van der Waals surface area contributed by atoms with Crippen LogP contribution in [-0.4, -0.2) is 98.1 Å². The maximum Gasteiger partial charge on any atom is 0.339 e. The monoisotopic (exact) mass is 884 g/mol. The van der Waals surface area contributed by atoms with Gasteiger partial charge in [-0.05, 0) is 128 Å². The molecule has 1 aliphatic heterocycles. The summed E-state index contributed by atoms with van der Waals surface area (Å²) in [5, 5.41) is 15.7. The topological polar surface area (TPSA) is 156 Å². The molecule has 1 heterocycles. The van der Waals surface area contributed by atoms with Crippen LogP contribution in [0.1, 0.15) is 116 Å². The van der Waals surface area contributed by atoms with Gasteiger partial charge in [0.1, 0.15) is 30.5 Å². The van der Waals surface area contributed by atoms with Gasteiger partial charge in [-0.25, -0.2) is 4.79 Å². The molecule has 11 atom stereocenters. The summed E-state index contributed by atoms with van der Waals surface area (Å²) in [7, 11) is 0. The summed E-state index contributed by atoms with van der Waals surface area (Å²) in [4.78, 5) is 51.3. The summed E-state index contributed by atoms with van der Waals surface area (Å²) in [6, 6.07) is 17.6. The number of fused-ring (bicyclic) bond motifs is 6. The molecule has 0 radical (unpaired) electrons. The highest BCUT2D eigenvalue weighted by molar-refractivity contribution is 6.16. The van der Waals surface area contributed by atoms with E-state index in [4.69, 9.17) is 33.2 Å². The molecule has 348 valence electrons. The Morgan fingerprint density at radius 2 is 1.39 bits per heavy atom. The molecule has 1 saturated heterocycles. The Hall–Kier alpha value is -4.10. The lowest BCUT2D eigenvalue weighted by Crippen LogP contribution is -2.64. The average molecular weight is 885 g/mol. The predicted molar refractivity (Wildman–Crippen MR) is 239 cm³/mol. The Labute approximate surface area is 377 Å². The molecule has 0 amide bonds. The van der Waals surface area contributed by atoms with Gasteiger partial charge in [-0.2, -0.15) is 0 Å². The van der Waals surface area contributed by atoms with Crippen molar-refractivity contribution in [2.24, 2.45) is 40.4 Å². The zero-order chi connectivity index (χ0) is 45.4. The molecule has 4 aliphatic carbocycles. The summed E-state index contributed by atoms with van der Waals surface area (Å²) in [6.07, 6.45) is 5.51. The van der Waals surface area contributed by atoms with Gasteiger partial charge in [-0.15, -0.1) is 0 Å². The minimum Gasteiger partial charge on any atom is -0.463 e. The smallest absolute Gasteiger partial charge is 0.339 e. The number of rotatable bonds is 17. The first-order chi connectivity index (χ1) is 30.5. The molecule has 0 bridgehead atoms. The molecule has 12 heteroatoms. The van der Waals surface area contributed by atoms with Crippen molar-refractivity contribution in [3.05, 3.63) is 60.2 Å². The Morgan fingerprint density at radius 3 is 2.06 bits per heavy atom. The second kappa shape index (κ2) is 18.6. The van der Waals surface area contributed by atoms with Gasteiger partial charge in [0.15, 0.2) is 0 Å². The highest BCUT2D eigenvalue weighted by atomic mass is 16.6. The molecular weight excluding hydrogens is 817 g/mol. The normalized spacial score (nSPS) is 32.1. The largest absolute Gasteiger partial charge is 0.463 e. The number of esters is 4. The first-order valence-electron chi connectivity index (χ1n) is 23.7. The SMILES string of the molecule is C[C@H](CC(=O)OC(C)(C)C)[C@H]1CCC2[C@@]3(C)C(C[C@@H]4O[C@@]241)C1(C)CC[C@@H](OC(=O)CCC(=O)OCCOCCOCCOC(=O)c2c4ccccc4cc4ccccc24)CC1C[C@H]3O. The van der Waals surface area contributed by atoms with Crippen molar-refractivity contribution < 1.29 is 57.4 Å². The van der Waals surface area contributed by atoms with E-state index in [2.05, 4.69) is 26.8 Å². The van der Waals surface area contributed by atoms with E-state index in [1.165, 1.54) is 0 Å². The maximum atomic E-state index is 13.1. The molecule has 4 unspecified atom stereocenters. The molecule has 5 aliphatic rings. The fourth-order valence-electron chi connectivity index (χ4n) is 13.0. The van der Waals surface area contributed by atoms with Crippen LogP contribution in [0.5, 0.6) is 0 Å². The summed E-state index contributed by atoms with van der Waals surface area (Å²) >= 11 is 0. The van der Waals surface area contributed by atoms with E-state index < -0.39 is 29.6 Å². The van der Waals surface area contributed by atoms with Gasteiger partial charge in [0.2, 0.25) is 0 Å². The van der Waals surface area contributed by atoms with Crippen molar-refractivity contribution >= 4 is 45.4 Å². The van der Waals surface area contributed by atoms with E-state index in [0.717, 1.165) is 53.6 Å². The number of epoxide rings is 1. The molecule has 64 heavy (non-hydrogen) atoms. The molecule has 3 aromatic carbocycles. The van der Waals surface area contributed by atoms with Crippen molar-refractivity contribution in [2.75, 3.05) is 39.6 Å². The van der Waals surface area contributed by atoms with Crippen LogP contribution in [0.25, 0.3) is 21.5 Å². The van der Waals surface area contributed by atoms with Crippen molar-refractivity contribution in [2.45, 2.75) is 135 Å². The lowest BCUT2D eigenvalue weighted by Gasteiger charge is -2.64. The molecule has 0 aromatic heterocycles. The summed E-state index contributed by atoms with van der Waals surface area (Å²) in [5.74, 6) is -0.350. The van der Waals surface area contributed by atoms with E-state index in [-0.39, 0.29) is 117 Å². The molecule has 1 N–H and O–H groups in total. The minimum atomic E-state index is -0.515. The van der Waals surface area contributed by atoms with E-state index >= 15 is 0 Å². The number of benzene rings is 3. The van der Waals surface area contributed by atoms with Gasteiger partial charge in [0, 0.05) is 11.8 Å². The molecular formula is C52H68O12. The van der Waals surface area contributed by atoms with Gasteiger partial charge in [-0.1, -0.05) is 69.3 Å². The first kappa shape index (κ1) is 46.4. The number of ether oxygens (including phenoxy) is 7. The van der Waals surface area contributed by atoms with Crippen LogP contribution in [0, 0.1) is 40.4 Å². The number of carbonyl (C=O) groups is 4. The fourth-order valence-corrected chi connectivity index (χ4v) is 13.0. The summed E-state index contributed by atoms with van der Waals surface area (Å²) in [5.41, 5.74) is -0.558. The van der Waals surface area contributed by atoms with Gasteiger partial charge in [0.25, 0.3) is 0 Å². The van der Waals surface area contributed by atoms with Crippen LogP contribution in [0.15, 0.2) is 54.6 Å². The number of aliphatic hydroxyl groups is 1. The second-order valence-corrected chi connectivity index (χ2v) is 20.7. The Kier molecular flexibility index (Phi) is 13.5. The predicted octanol–water partition coefficient (Wildman–Crippen LogP) is 8.55. The van der Waals surface area contributed by atoms with E-state index in [0.29, 0.717) is 24.8 Å². The Balaban J connectivity index is 0.706. The van der Waals surface area contributed by atoms with Crippen LogP contribution in [0.4, 0.5) is 0 Å². The zero-order valence-electron chi connectivity index (χ0n) is 38.6. The lowest BCUT2D eigenvalue weighted by atomic mass is 9.40. The lowest BCUT2D eigenvalue weighted by molar-refractivity contribution is -0.204. The molecule has 4 saturated carbocycles. The highest BCUT2D eigenvalue weighted by Crippen LogP contribution is 2.76. The number of carbonyl (C=O) groups excluding carboxylic acids is 4. The Morgan fingerprint density at radius 1 is 0.766 bits per heavy atom. The van der Waals surface area contributed by atoms with Crippen LogP contribution < -0.4 is 0 Å². The fraction of sp³-hybridized carbons (Fsp3) is 0.654. The van der Waals surface area contributed by atoms with Crippen molar-refractivity contribution in [3.63, 3.8) is 0 Å². The standard InChI is InChI=1S/C52H68O12/c1-32(27-46(56)64-49(2,3)4)39-15-16-40-51(6)41(31-43-52(39,40)63-43)50(5)20-19-36(29-35(50)30-42(51)53)62-45(55)18-17-44(54)60-25-23-58-21-22-59-24-26-61-48(57)47-37-13-9-7-11-33(37)28-34-12-8-10-14-38(34)47/h7-14,28,32,35-36,39-43,53H,15-27,29-31H2,1-6H3/t32-,35?,36-,39-,40?,41?,42-,43+,50?,51+,52+/m1/s1. The summed E-state index contributed by atoms with van der Waals surface area (Å²) < 4.78 is 40.3. The van der Waals surface area contributed by atoms with E-state index in [1.807, 2.05) is 69.3 Å². The Bertz CT molecular complexity index is 2140. The van der Waals surface area contributed by atoms with Gasteiger partial charge in [0.05, 0.1) is 57.0 Å². The third kappa shape index (κ3) is 9.18. The third-order valence-electron chi connectivity index (χ3n) is 15.9. The van der Waals surface area contributed by atoms with Crippen molar-refractivity contribution in [1.29, 1.82) is 0 Å². The van der Waals surface area contributed by atoms with Gasteiger partial charge >= 0.3 is 23.9 Å². The molecule has 12 nitrogen and oxygen atoms in total. The number of hydrogen-bond donors (Lipinski definition) is 1. The minimum absolute atomic E-state index is 0.0171. The van der Waals surface area contributed by atoms with E-state index in [9.17, 15) is 24.3 Å². The van der Waals surface area contributed by atoms with Gasteiger partial charge in [-0.3, -0.25) is 14.4 Å². The number of hydrogen-bond acceptors (Lipinski definition) is 12. The maximum absolute atomic E-state index is 13.1. The molecule has 8 rings (SSSR count). The van der Waals surface area contributed by atoms with Crippen LogP contribution in [0.3, 0.4) is 0 Å². The van der Waals surface area contributed by atoms with Crippen molar-refractivity contribution in [3.8, 4) is 0 Å². The molecule has 5 fully saturated rings. The zero-order valence-corrected chi connectivity index (χ0v) is 38.6. The summed E-state index contributed by atoms with van der Waals surface area (Å²) in [6.45, 7) is 13.7. The molecule has 3 aromatic rings. The van der Waals surface area contributed by atoms with Crippen LogP contribution in [0.2, 0.25) is 0 Å². The third-order valence-corrected chi connectivity index (χ3v) is 15.9. The number of aliphatic hydroxyl groups excluding tert-OH is 1.